The van der Waals surface area contributed by atoms with Crippen LogP contribution in [0, 0.1) is 11.3 Å². The van der Waals surface area contributed by atoms with Crippen LogP contribution >= 0.6 is 0 Å². The minimum absolute atomic E-state index is 0.0771. The molecule has 2 fully saturated rings. The van der Waals surface area contributed by atoms with E-state index in [1.807, 2.05) is 0 Å². The molecule has 0 N–H and O–H groups in total. The Hall–Kier alpha value is -0.340. The smallest absolute Gasteiger partial charge is 0.158 e. The third kappa shape index (κ3) is 2.80. The second-order valence-electron chi connectivity index (χ2n) is 6.62. The molecule has 1 aliphatic heterocycles. The van der Waals surface area contributed by atoms with E-state index in [0.29, 0.717) is 5.41 Å². The Kier molecular flexibility index (Phi) is 3.76. The van der Waals surface area contributed by atoms with Gasteiger partial charge < -0.3 is 9.47 Å². The van der Waals surface area contributed by atoms with E-state index in [1.54, 1.807) is 5.57 Å². The Morgan fingerprint density at radius 1 is 1.28 bits per heavy atom. The lowest BCUT2D eigenvalue weighted by molar-refractivity contribution is -0.0464. The highest BCUT2D eigenvalue weighted by Crippen LogP contribution is 2.50. The van der Waals surface area contributed by atoms with Gasteiger partial charge in [0.1, 0.15) is 0 Å². The Morgan fingerprint density at radius 3 is 2.72 bits per heavy atom. The van der Waals surface area contributed by atoms with Crippen molar-refractivity contribution in [1.82, 2.24) is 0 Å². The van der Waals surface area contributed by atoms with Crippen molar-refractivity contribution in [2.75, 3.05) is 13.2 Å². The van der Waals surface area contributed by atoms with Crippen molar-refractivity contribution in [2.45, 2.75) is 64.6 Å². The lowest BCUT2D eigenvalue weighted by atomic mass is 9.73. The molecule has 18 heavy (non-hydrogen) atoms. The minimum atomic E-state index is 0.0771. The number of hydrogen-bond donors (Lipinski definition) is 0. The quantitative estimate of drug-likeness (QED) is 0.703. The zero-order valence-electron chi connectivity index (χ0n) is 11.6. The second kappa shape index (κ2) is 5.34. The van der Waals surface area contributed by atoms with Crippen molar-refractivity contribution in [3.8, 4) is 0 Å². The third-order valence-electron chi connectivity index (χ3n) is 5.14. The van der Waals surface area contributed by atoms with Gasteiger partial charge in [0.15, 0.2) is 6.29 Å². The maximum atomic E-state index is 5.50. The van der Waals surface area contributed by atoms with Crippen molar-refractivity contribution >= 4 is 0 Å². The summed E-state index contributed by atoms with van der Waals surface area (Å²) in [6, 6.07) is 0. The largest absolute Gasteiger partial charge is 0.350 e. The molecule has 3 rings (SSSR count). The van der Waals surface area contributed by atoms with Crippen LogP contribution in [0.3, 0.4) is 0 Å². The fraction of sp³-hybridized carbons (Fsp3) is 0.875. The van der Waals surface area contributed by atoms with E-state index in [9.17, 15) is 0 Å². The van der Waals surface area contributed by atoms with Gasteiger partial charge in [-0.1, -0.05) is 25.0 Å². The molecule has 2 nitrogen and oxygen atoms in total. The van der Waals surface area contributed by atoms with Crippen LogP contribution in [0.15, 0.2) is 11.6 Å². The SMILES string of the molecule is CC1CCC2(CC=C(CCC3OCCO3)CC2)C1. The van der Waals surface area contributed by atoms with E-state index in [2.05, 4.69) is 13.0 Å². The van der Waals surface area contributed by atoms with E-state index in [0.717, 1.165) is 25.6 Å². The summed E-state index contributed by atoms with van der Waals surface area (Å²) in [5.41, 5.74) is 2.34. The normalized spacial score (nSPS) is 37.4. The molecule has 1 saturated carbocycles. The molecule has 0 amide bonds. The Bertz CT molecular complexity index is 317. The van der Waals surface area contributed by atoms with E-state index in [-0.39, 0.29) is 6.29 Å². The highest BCUT2D eigenvalue weighted by Gasteiger charge is 2.37. The Morgan fingerprint density at radius 2 is 2.11 bits per heavy atom. The molecule has 0 aromatic heterocycles. The molecule has 3 aliphatic rings. The van der Waals surface area contributed by atoms with Crippen LogP contribution in [0.4, 0.5) is 0 Å². The summed E-state index contributed by atoms with van der Waals surface area (Å²) in [7, 11) is 0. The molecule has 0 aromatic carbocycles. The maximum Gasteiger partial charge on any atom is 0.158 e. The van der Waals surface area contributed by atoms with Gasteiger partial charge in [-0.25, -0.2) is 0 Å². The number of allylic oxidation sites excluding steroid dienone is 2. The summed E-state index contributed by atoms with van der Waals surface area (Å²) in [6.45, 7) is 3.98. The molecule has 0 radical (unpaired) electrons. The molecule has 0 bridgehead atoms. The number of hydrogen-bond acceptors (Lipinski definition) is 2. The van der Waals surface area contributed by atoms with Gasteiger partial charge in [0.05, 0.1) is 13.2 Å². The first-order valence-electron chi connectivity index (χ1n) is 7.67. The van der Waals surface area contributed by atoms with Crippen molar-refractivity contribution in [3.63, 3.8) is 0 Å². The first-order chi connectivity index (χ1) is 8.76. The van der Waals surface area contributed by atoms with E-state index >= 15 is 0 Å². The van der Waals surface area contributed by atoms with Crippen molar-refractivity contribution in [2.24, 2.45) is 11.3 Å². The first kappa shape index (κ1) is 12.7. The summed E-state index contributed by atoms with van der Waals surface area (Å²) in [4.78, 5) is 0. The van der Waals surface area contributed by atoms with Crippen LogP contribution in [-0.4, -0.2) is 19.5 Å². The molecule has 2 unspecified atom stereocenters. The molecule has 1 spiro atoms. The van der Waals surface area contributed by atoms with Gasteiger partial charge in [-0.15, -0.1) is 0 Å². The average Bonchev–Trinajstić information content (AvgIpc) is 3.00. The van der Waals surface area contributed by atoms with Gasteiger partial charge >= 0.3 is 0 Å². The molecule has 1 saturated heterocycles. The topological polar surface area (TPSA) is 18.5 Å². The van der Waals surface area contributed by atoms with Crippen LogP contribution in [0.25, 0.3) is 0 Å². The molecule has 102 valence electrons. The molecule has 0 aromatic rings. The molecule has 2 atom stereocenters. The molecule has 2 heteroatoms. The van der Waals surface area contributed by atoms with E-state index in [4.69, 9.17) is 9.47 Å². The molecular weight excluding hydrogens is 224 g/mol. The Labute approximate surface area is 111 Å². The lowest BCUT2D eigenvalue weighted by Crippen LogP contribution is -2.20. The molecule has 2 aliphatic carbocycles. The average molecular weight is 250 g/mol. The van der Waals surface area contributed by atoms with Crippen molar-refractivity contribution in [3.05, 3.63) is 11.6 Å². The summed E-state index contributed by atoms with van der Waals surface area (Å²) in [5.74, 6) is 0.959. The van der Waals surface area contributed by atoms with Gasteiger partial charge in [0.2, 0.25) is 0 Å². The number of rotatable bonds is 3. The first-order valence-corrected chi connectivity index (χ1v) is 7.67. The summed E-state index contributed by atoms with van der Waals surface area (Å²) in [5, 5.41) is 0. The van der Waals surface area contributed by atoms with Gasteiger partial charge in [-0.2, -0.15) is 0 Å². The van der Waals surface area contributed by atoms with Crippen molar-refractivity contribution in [1.29, 1.82) is 0 Å². The summed E-state index contributed by atoms with van der Waals surface area (Å²) in [6.07, 6.45) is 13.3. The second-order valence-corrected chi connectivity index (χ2v) is 6.62. The third-order valence-corrected chi connectivity index (χ3v) is 5.14. The van der Waals surface area contributed by atoms with Crippen LogP contribution in [0.5, 0.6) is 0 Å². The fourth-order valence-electron chi connectivity index (χ4n) is 4.00. The highest BCUT2D eigenvalue weighted by atomic mass is 16.7. The van der Waals surface area contributed by atoms with Gasteiger partial charge in [0, 0.05) is 6.42 Å². The lowest BCUT2D eigenvalue weighted by Gasteiger charge is -2.33. The zero-order valence-corrected chi connectivity index (χ0v) is 11.6. The molecule has 1 heterocycles. The summed E-state index contributed by atoms with van der Waals surface area (Å²) < 4.78 is 11.0. The van der Waals surface area contributed by atoms with Crippen molar-refractivity contribution < 1.29 is 9.47 Å². The predicted molar refractivity (Wildman–Crippen MR) is 72.3 cm³/mol. The van der Waals surface area contributed by atoms with Crippen LogP contribution < -0.4 is 0 Å². The zero-order chi connectivity index (χ0) is 12.4. The number of ether oxygens (including phenoxy) is 2. The van der Waals surface area contributed by atoms with E-state index < -0.39 is 0 Å². The van der Waals surface area contributed by atoms with Crippen LogP contribution in [-0.2, 0) is 9.47 Å². The monoisotopic (exact) mass is 250 g/mol. The van der Waals surface area contributed by atoms with E-state index in [1.165, 1.54) is 44.9 Å². The Balaban J connectivity index is 1.47. The van der Waals surface area contributed by atoms with Gasteiger partial charge in [0.25, 0.3) is 0 Å². The van der Waals surface area contributed by atoms with Gasteiger partial charge in [-0.05, 0) is 49.9 Å². The summed E-state index contributed by atoms with van der Waals surface area (Å²) >= 11 is 0. The van der Waals surface area contributed by atoms with Crippen LogP contribution in [0.2, 0.25) is 0 Å². The minimum Gasteiger partial charge on any atom is -0.350 e. The highest BCUT2D eigenvalue weighted by molar-refractivity contribution is 5.11. The standard InChI is InChI=1S/C16H26O2/c1-13-4-7-16(12-13)8-5-14(6-9-16)2-3-15-17-10-11-18-15/h5,13,15H,2-4,6-12H2,1H3. The maximum absolute atomic E-state index is 5.50. The fourth-order valence-corrected chi connectivity index (χ4v) is 4.00. The predicted octanol–water partition coefficient (Wildman–Crippen LogP) is 4.06. The van der Waals surface area contributed by atoms with Crippen LogP contribution in [0.1, 0.15) is 58.3 Å². The van der Waals surface area contributed by atoms with Gasteiger partial charge in [-0.3, -0.25) is 0 Å². The molecular formula is C16H26O2.